The number of anilines is 1. The first-order valence-electron chi connectivity index (χ1n) is 12.8. The lowest BCUT2D eigenvalue weighted by Gasteiger charge is -2.12. The van der Waals surface area contributed by atoms with E-state index >= 15 is 4.39 Å². The Hall–Kier alpha value is -5.12. The molecule has 1 aliphatic heterocycles. The molecule has 10 heteroatoms. The van der Waals surface area contributed by atoms with Crippen molar-refractivity contribution in [2.45, 2.75) is 26.0 Å². The van der Waals surface area contributed by atoms with Crippen molar-refractivity contribution >= 4 is 22.5 Å². The van der Waals surface area contributed by atoms with Gasteiger partial charge in [0.05, 0.1) is 24.9 Å². The number of carbonyl (C=O) groups is 1. The number of nitrogens with zero attached hydrogens (tertiary/aromatic N) is 3. The van der Waals surface area contributed by atoms with Crippen LogP contribution in [-0.2, 0) is 6.54 Å². The number of rotatable bonds is 7. The van der Waals surface area contributed by atoms with E-state index in [9.17, 15) is 9.59 Å². The monoisotopic (exact) mass is 540 g/mol. The second-order valence-corrected chi connectivity index (χ2v) is 9.26. The minimum absolute atomic E-state index is 0.0355. The van der Waals surface area contributed by atoms with E-state index in [4.69, 9.17) is 14.2 Å². The quantitative estimate of drug-likeness (QED) is 0.291. The van der Waals surface area contributed by atoms with E-state index in [0.717, 1.165) is 6.07 Å². The highest BCUT2D eigenvalue weighted by atomic mass is 19.1. The summed E-state index contributed by atoms with van der Waals surface area (Å²) in [5.41, 5.74) is 0.752. The number of ether oxygens (including phenoxy) is 3. The average molecular weight is 541 g/mol. The maximum absolute atomic E-state index is 15.1. The zero-order chi connectivity index (χ0) is 27.8. The summed E-state index contributed by atoms with van der Waals surface area (Å²) in [5.74, 6) is -0.170. The van der Waals surface area contributed by atoms with Gasteiger partial charge in [0.1, 0.15) is 17.6 Å². The first-order valence-corrected chi connectivity index (χ1v) is 12.8. The molecule has 3 heterocycles. The number of pyridine rings is 1. The van der Waals surface area contributed by atoms with Crippen molar-refractivity contribution in [2.75, 3.05) is 12.4 Å². The van der Waals surface area contributed by atoms with Gasteiger partial charge in [-0.05, 0) is 48.9 Å². The van der Waals surface area contributed by atoms with Gasteiger partial charge < -0.3 is 19.5 Å². The summed E-state index contributed by atoms with van der Waals surface area (Å²) in [6, 6.07) is 20.0. The normalized spacial score (nSPS) is 14.0. The van der Waals surface area contributed by atoms with E-state index in [1.54, 1.807) is 54.4 Å². The van der Waals surface area contributed by atoms with Crippen molar-refractivity contribution in [1.82, 2.24) is 14.3 Å². The second kappa shape index (κ2) is 10.2. The Balaban J connectivity index is 1.28. The number of benzene rings is 3. The van der Waals surface area contributed by atoms with Gasteiger partial charge in [0, 0.05) is 29.4 Å². The van der Waals surface area contributed by atoms with Gasteiger partial charge in [-0.3, -0.25) is 14.6 Å². The van der Waals surface area contributed by atoms with Crippen LogP contribution in [0, 0.1) is 5.82 Å². The number of fused-ring (bicyclic) bond motifs is 2. The predicted molar refractivity (Wildman–Crippen MR) is 147 cm³/mol. The van der Waals surface area contributed by atoms with Crippen molar-refractivity contribution < 1.29 is 23.4 Å². The molecule has 6 rings (SSSR count). The lowest BCUT2D eigenvalue weighted by Crippen LogP contribution is -2.28. The highest BCUT2D eigenvalue weighted by Gasteiger charge is 2.34. The van der Waals surface area contributed by atoms with Crippen molar-refractivity contribution in [3.63, 3.8) is 0 Å². The SMILES string of the molecule is CC[C@H]1Cn2c(c(C(=O)Nc3ccc(Oc4ccnc5cc(OC)ccc45)c(F)c3)c(=O)n2-c2ccccc2)O1. The summed E-state index contributed by atoms with van der Waals surface area (Å²) in [7, 11) is 1.56. The van der Waals surface area contributed by atoms with Crippen LogP contribution in [-0.4, -0.2) is 33.5 Å². The van der Waals surface area contributed by atoms with Gasteiger partial charge in [-0.2, -0.15) is 0 Å². The molecule has 202 valence electrons. The standard InChI is InChI=1S/C30H25FN4O5/c1-3-20-17-34-30(39-20)27(29(37)35(34)19-7-5-4-6-8-19)28(36)33-18-9-12-26(23(31)15-18)40-25-13-14-32-24-16-21(38-2)10-11-22(24)25/h4-16,20H,3,17H2,1-2H3,(H,33,36)/t20-/m0/s1. The van der Waals surface area contributed by atoms with Crippen molar-refractivity contribution in [2.24, 2.45) is 0 Å². The summed E-state index contributed by atoms with van der Waals surface area (Å²) < 4.78 is 35.3. The van der Waals surface area contributed by atoms with Gasteiger partial charge in [0.2, 0.25) is 5.88 Å². The number of nitrogens with one attached hydrogen (secondary N) is 1. The Bertz CT molecular complexity index is 1800. The summed E-state index contributed by atoms with van der Waals surface area (Å²) in [6.45, 7) is 2.40. The molecule has 0 saturated carbocycles. The molecule has 0 bridgehead atoms. The lowest BCUT2D eigenvalue weighted by atomic mass is 10.2. The van der Waals surface area contributed by atoms with Crippen LogP contribution in [0.5, 0.6) is 23.1 Å². The molecule has 0 spiro atoms. The van der Waals surface area contributed by atoms with E-state index in [2.05, 4.69) is 10.3 Å². The largest absolute Gasteiger partial charge is 0.497 e. The summed E-state index contributed by atoms with van der Waals surface area (Å²) in [6.07, 6.45) is 2.10. The number of amides is 1. The van der Waals surface area contributed by atoms with Crippen LogP contribution >= 0.6 is 0 Å². The highest BCUT2D eigenvalue weighted by Crippen LogP contribution is 2.33. The molecule has 1 N–H and O–H groups in total. The maximum Gasteiger partial charge on any atom is 0.288 e. The molecule has 1 amide bonds. The minimum atomic E-state index is -0.692. The molecule has 3 aromatic carbocycles. The van der Waals surface area contributed by atoms with Crippen molar-refractivity contribution in [1.29, 1.82) is 0 Å². The van der Waals surface area contributed by atoms with Crippen molar-refractivity contribution in [3.05, 3.63) is 101 Å². The van der Waals surface area contributed by atoms with E-state index in [0.29, 0.717) is 41.1 Å². The van der Waals surface area contributed by atoms with Crippen molar-refractivity contribution in [3.8, 4) is 28.8 Å². The topological polar surface area (TPSA) is 96.6 Å². The Kier molecular flexibility index (Phi) is 6.43. The van der Waals surface area contributed by atoms with E-state index in [1.165, 1.54) is 16.8 Å². The van der Waals surface area contributed by atoms with Crippen LogP contribution in [0.4, 0.5) is 10.1 Å². The molecule has 9 nitrogen and oxygen atoms in total. The van der Waals surface area contributed by atoms with E-state index in [-0.39, 0.29) is 29.0 Å². The van der Waals surface area contributed by atoms with E-state index in [1.807, 2.05) is 25.1 Å². The first kappa shape index (κ1) is 25.2. The van der Waals surface area contributed by atoms with Crippen LogP contribution in [0.25, 0.3) is 16.6 Å². The molecule has 0 fully saturated rings. The van der Waals surface area contributed by atoms with Gasteiger partial charge in [0.15, 0.2) is 17.1 Å². The predicted octanol–water partition coefficient (Wildman–Crippen LogP) is 5.55. The van der Waals surface area contributed by atoms with Gasteiger partial charge in [-0.25, -0.2) is 13.8 Å². The molecule has 1 aliphatic rings. The Morgan fingerprint density at radius 2 is 1.93 bits per heavy atom. The number of methoxy groups -OCH3 is 1. The number of hydrogen-bond donors (Lipinski definition) is 1. The second-order valence-electron chi connectivity index (χ2n) is 9.26. The molecule has 0 radical (unpaired) electrons. The molecule has 0 unspecified atom stereocenters. The van der Waals surface area contributed by atoms with Gasteiger partial charge in [-0.15, -0.1) is 0 Å². The van der Waals surface area contributed by atoms with Crippen LogP contribution in [0.15, 0.2) is 83.8 Å². The van der Waals surface area contributed by atoms with Crippen LogP contribution in [0.1, 0.15) is 23.7 Å². The Labute approximate surface area is 228 Å². The molecular weight excluding hydrogens is 515 g/mol. The fourth-order valence-corrected chi connectivity index (χ4v) is 4.72. The maximum atomic E-state index is 15.1. The minimum Gasteiger partial charge on any atom is -0.497 e. The Morgan fingerprint density at radius 1 is 1.10 bits per heavy atom. The summed E-state index contributed by atoms with van der Waals surface area (Å²) in [5, 5.41) is 3.32. The fraction of sp³-hybridized carbons (Fsp3) is 0.167. The molecule has 5 aromatic rings. The molecule has 2 aromatic heterocycles. The molecular formula is C30H25FN4O5. The number of aromatic nitrogens is 3. The smallest absolute Gasteiger partial charge is 0.288 e. The number of hydrogen-bond acceptors (Lipinski definition) is 6. The lowest BCUT2D eigenvalue weighted by molar-refractivity contribution is 0.102. The first-order chi connectivity index (χ1) is 19.5. The van der Waals surface area contributed by atoms with Gasteiger partial charge >= 0.3 is 0 Å². The third-order valence-corrected chi connectivity index (χ3v) is 6.75. The molecule has 0 aliphatic carbocycles. The summed E-state index contributed by atoms with van der Waals surface area (Å²) in [4.78, 5) is 31.0. The van der Waals surface area contributed by atoms with Crippen LogP contribution < -0.4 is 25.1 Å². The highest BCUT2D eigenvalue weighted by molar-refractivity contribution is 6.06. The zero-order valence-electron chi connectivity index (χ0n) is 21.8. The number of halogens is 1. The third-order valence-electron chi connectivity index (χ3n) is 6.75. The third kappa shape index (κ3) is 4.43. The van der Waals surface area contributed by atoms with Gasteiger partial charge in [-0.1, -0.05) is 25.1 Å². The van der Waals surface area contributed by atoms with Crippen LogP contribution in [0.2, 0.25) is 0 Å². The average Bonchev–Trinajstić information content (AvgIpc) is 3.49. The number of para-hydroxylation sites is 1. The fourth-order valence-electron chi connectivity index (χ4n) is 4.72. The summed E-state index contributed by atoms with van der Waals surface area (Å²) >= 11 is 0. The number of carbonyl (C=O) groups excluding carboxylic acids is 1. The van der Waals surface area contributed by atoms with Crippen LogP contribution in [0.3, 0.4) is 0 Å². The molecule has 1 atom stereocenters. The Morgan fingerprint density at radius 3 is 2.67 bits per heavy atom. The zero-order valence-corrected chi connectivity index (χ0v) is 21.8. The molecule has 40 heavy (non-hydrogen) atoms. The molecule has 0 saturated heterocycles. The van der Waals surface area contributed by atoms with Gasteiger partial charge in [0.25, 0.3) is 11.5 Å². The van der Waals surface area contributed by atoms with E-state index < -0.39 is 17.3 Å².